The SMILES string of the molecule is CCOC(=O)C1=C(C)N=c2sc(=Cc3cc(C)n(-c4ccc(Cl)c(Cl)c4)c3C)c(=O)n2C1c1ccc(N(C)C)cc1. The van der Waals surface area contributed by atoms with E-state index < -0.39 is 12.0 Å². The average molecular weight is 610 g/mol. The molecule has 1 aliphatic rings. The van der Waals surface area contributed by atoms with Crippen LogP contribution in [0, 0.1) is 13.8 Å². The number of fused-ring (bicyclic) bond motifs is 1. The Kier molecular flexibility index (Phi) is 8.01. The van der Waals surface area contributed by atoms with Crippen LogP contribution in [-0.2, 0) is 9.53 Å². The van der Waals surface area contributed by atoms with Gasteiger partial charge in [-0.25, -0.2) is 9.79 Å². The second-order valence-electron chi connectivity index (χ2n) is 10.0. The van der Waals surface area contributed by atoms with Crippen molar-refractivity contribution in [1.29, 1.82) is 0 Å². The molecule has 1 atom stereocenters. The van der Waals surface area contributed by atoms with Crippen molar-refractivity contribution in [2.24, 2.45) is 4.99 Å². The van der Waals surface area contributed by atoms with Gasteiger partial charge in [0.25, 0.3) is 5.56 Å². The highest BCUT2D eigenvalue weighted by molar-refractivity contribution is 7.07. The summed E-state index contributed by atoms with van der Waals surface area (Å²) in [4.78, 5) is 34.4. The van der Waals surface area contributed by atoms with E-state index in [0.29, 0.717) is 30.6 Å². The molecule has 4 aromatic rings. The first-order valence-corrected chi connectivity index (χ1v) is 14.7. The summed E-state index contributed by atoms with van der Waals surface area (Å²) < 4.78 is 9.61. The summed E-state index contributed by atoms with van der Waals surface area (Å²) >= 11 is 13.7. The van der Waals surface area contributed by atoms with Gasteiger partial charge in [-0.3, -0.25) is 9.36 Å². The number of carbonyl (C=O) groups excluding carboxylic acids is 1. The van der Waals surface area contributed by atoms with Gasteiger partial charge in [-0.2, -0.15) is 0 Å². The first-order valence-electron chi connectivity index (χ1n) is 13.1. The van der Waals surface area contributed by atoms with Gasteiger partial charge in [0.15, 0.2) is 4.80 Å². The van der Waals surface area contributed by atoms with Crippen molar-refractivity contribution in [3.63, 3.8) is 0 Å². The number of esters is 1. The number of aromatic nitrogens is 2. The Morgan fingerprint density at radius 1 is 1.07 bits per heavy atom. The van der Waals surface area contributed by atoms with Crippen LogP contribution in [0.4, 0.5) is 5.69 Å². The van der Waals surface area contributed by atoms with Gasteiger partial charge in [-0.1, -0.05) is 46.7 Å². The first kappa shape index (κ1) is 28.9. The molecule has 10 heteroatoms. The molecule has 2 aromatic heterocycles. The predicted molar refractivity (Wildman–Crippen MR) is 166 cm³/mol. The lowest BCUT2D eigenvalue weighted by Gasteiger charge is -2.25. The standard InChI is InChI=1S/C31H30Cl2N4O3S/c1-7-40-30(39)27-18(3)34-31-37(28(27)20-8-10-22(11-9-20)35(5)6)29(38)26(41-31)15-21-14-17(2)36(19(21)4)23-12-13-24(32)25(33)16-23/h8-16,28H,7H2,1-6H3. The Bertz CT molecular complexity index is 1880. The number of ether oxygens (including phenoxy) is 1. The van der Waals surface area contributed by atoms with Gasteiger partial charge < -0.3 is 14.2 Å². The average Bonchev–Trinajstić information content (AvgIpc) is 3.38. The normalized spacial score (nSPS) is 15.1. The summed E-state index contributed by atoms with van der Waals surface area (Å²) in [6.45, 7) is 7.77. The number of allylic oxidation sites excluding steroid dienone is 1. The van der Waals surface area contributed by atoms with E-state index in [9.17, 15) is 9.59 Å². The predicted octanol–water partition coefficient (Wildman–Crippen LogP) is 5.58. The lowest BCUT2D eigenvalue weighted by atomic mass is 9.95. The minimum atomic E-state index is -0.660. The first-order chi connectivity index (χ1) is 19.5. The zero-order chi connectivity index (χ0) is 29.6. The van der Waals surface area contributed by atoms with Crippen molar-refractivity contribution in [1.82, 2.24) is 9.13 Å². The fourth-order valence-electron chi connectivity index (χ4n) is 5.16. The molecule has 0 N–H and O–H groups in total. The van der Waals surface area contributed by atoms with Gasteiger partial charge in [0.1, 0.15) is 0 Å². The largest absolute Gasteiger partial charge is 0.463 e. The molecule has 0 fully saturated rings. The molecule has 2 aromatic carbocycles. The lowest BCUT2D eigenvalue weighted by Crippen LogP contribution is -2.40. The second kappa shape index (κ2) is 11.4. The lowest BCUT2D eigenvalue weighted by molar-refractivity contribution is -0.139. The summed E-state index contributed by atoms with van der Waals surface area (Å²) in [6.07, 6.45) is 1.88. The highest BCUT2D eigenvalue weighted by atomic mass is 35.5. The number of hydrogen-bond acceptors (Lipinski definition) is 6. The molecular formula is C31H30Cl2N4O3S. The summed E-state index contributed by atoms with van der Waals surface area (Å²) in [5.74, 6) is -0.477. The molecule has 0 bridgehead atoms. The Morgan fingerprint density at radius 3 is 2.41 bits per heavy atom. The molecule has 1 unspecified atom stereocenters. The number of rotatable bonds is 6. The smallest absolute Gasteiger partial charge is 0.338 e. The van der Waals surface area contributed by atoms with Gasteiger partial charge in [-0.15, -0.1) is 0 Å². The summed E-state index contributed by atoms with van der Waals surface area (Å²) in [7, 11) is 3.93. The maximum absolute atomic E-state index is 14.0. The van der Waals surface area contributed by atoms with E-state index in [2.05, 4.69) is 9.56 Å². The van der Waals surface area contributed by atoms with Crippen molar-refractivity contribution in [2.75, 3.05) is 25.6 Å². The third-order valence-electron chi connectivity index (χ3n) is 7.16. The monoisotopic (exact) mass is 608 g/mol. The number of benzene rings is 2. The third-order valence-corrected chi connectivity index (χ3v) is 8.88. The molecule has 3 heterocycles. The van der Waals surface area contributed by atoms with E-state index in [0.717, 1.165) is 33.9 Å². The van der Waals surface area contributed by atoms with Gasteiger partial charge in [0.2, 0.25) is 0 Å². The van der Waals surface area contributed by atoms with Crippen LogP contribution in [0.5, 0.6) is 0 Å². The molecule has 0 spiro atoms. The molecule has 1 aliphatic heterocycles. The minimum absolute atomic E-state index is 0.218. The zero-order valence-corrected chi connectivity index (χ0v) is 26.0. The van der Waals surface area contributed by atoms with Crippen LogP contribution in [0.3, 0.4) is 0 Å². The van der Waals surface area contributed by atoms with Gasteiger partial charge in [-0.05, 0) is 81.3 Å². The molecule has 7 nitrogen and oxygen atoms in total. The molecule has 5 rings (SSSR count). The van der Waals surface area contributed by atoms with Crippen LogP contribution in [0.2, 0.25) is 10.0 Å². The van der Waals surface area contributed by atoms with Crippen LogP contribution in [0.25, 0.3) is 11.8 Å². The number of thiazole rings is 1. The number of halogens is 2. The molecule has 41 heavy (non-hydrogen) atoms. The van der Waals surface area contributed by atoms with Gasteiger partial charge >= 0.3 is 5.97 Å². The van der Waals surface area contributed by atoms with Crippen LogP contribution in [0.15, 0.2) is 69.6 Å². The van der Waals surface area contributed by atoms with Crippen LogP contribution in [0.1, 0.15) is 42.4 Å². The molecular weight excluding hydrogens is 579 g/mol. The van der Waals surface area contributed by atoms with E-state index in [-0.39, 0.29) is 12.2 Å². The number of hydrogen-bond donors (Lipinski definition) is 0. The number of aryl methyl sites for hydroxylation is 1. The highest BCUT2D eigenvalue weighted by Crippen LogP contribution is 2.32. The van der Waals surface area contributed by atoms with E-state index >= 15 is 0 Å². The van der Waals surface area contributed by atoms with Crippen molar-refractivity contribution >= 4 is 52.3 Å². The molecule has 0 saturated heterocycles. The van der Waals surface area contributed by atoms with E-state index in [1.165, 1.54) is 11.3 Å². The van der Waals surface area contributed by atoms with E-state index in [1.54, 1.807) is 24.5 Å². The molecule has 0 amide bonds. The van der Waals surface area contributed by atoms with E-state index in [1.807, 2.05) is 81.4 Å². The third kappa shape index (κ3) is 5.27. The van der Waals surface area contributed by atoms with Gasteiger partial charge in [0, 0.05) is 36.9 Å². The Labute approximate surface area is 252 Å². The fourth-order valence-corrected chi connectivity index (χ4v) is 6.49. The highest BCUT2D eigenvalue weighted by Gasteiger charge is 2.33. The number of anilines is 1. The topological polar surface area (TPSA) is 68.8 Å². The Morgan fingerprint density at radius 2 is 1.78 bits per heavy atom. The quantitative estimate of drug-likeness (QED) is 0.268. The van der Waals surface area contributed by atoms with Crippen molar-refractivity contribution in [2.45, 2.75) is 33.7 Å². The van der Waals surface area contributed by atoms with Gasteiger partial charge in [0.05, 0.1) is 38.5 Å². The zero-order valence-electron chi connectivity index (χ0n) is 23.7. The maximum atomic E-state index is 14.0. The maximum Gasteiger partial charge on any atom is 0.338 e. The van der Waals surface area contributed by atoms with Crippen LogP contribution in [-0.4, -0.2) is 35.8 Å². The van der Waals surface area contributed by atoms with Crippen molar-refractivity contribution in [3.05, 3.63) is 112 Å². The van der Waals surface area contributed by atoms with Crippen LogP contribution < -0.4 is 19.8 Å². The summed E-state index contributed by atoms with van der Waals surface area (Å²) in [5.41, 5.74) is 6.21. The molecule has 0 aliphatic carbocycles. The molecule has 0 radical (unpaired) electrons. The molecule has 212 valence electrons. The summed E-state index contributed by atoms with van der Waals surface area (Å²) in [6, 6.07) is 14.7. The minimum Gasteiger partial charge on any atom is -0.463 e. The Balaban J connectivity index is 1.68. The molecule has 0 saturated carbocycles. The number of carbonyl (C=O) groups is 1. The Hall–Kier alpha value is -3.59. The number of nitrogens with zero attached hydrogens (tertiary/aromatic N) is 4. The van der Waals surface area contributed by atoms with Crippen LogP contribution >= 0.6 is 34.5 Å². The second-order valence-corrected chi connectivity index (χ2v) is 11.9. The van der Waals surface area contributed by atoms with E-state index in [4.69, 9.17) is 27.9 Å². The van der Waals surface area contributed by atoms with Crippen molar-refractivity contribution in [3.8, 4) is 5.69 Å². The fraction of sp³-hybridized carbons (Fsp3) is 0.258. The summed E-state index contributed by atoms with van der Waals surface area (Å²) in [5, 5.41) is 0.959. The van der Waals surface area contributed by atoms with Crippen molar-refractivity contribution < 1.29 is 9.53 Å².